The molecule has 8 N–H and O–H groups in total. The number of alkyl halides is 1. The molecule has 0 aromatic heterocycles. The minimum atomic E-state index is -0.977. The molecule has 0 radical (unpaired) electrons. The van der Waals surface area contributed by atoms with Crippen molar-refractivity contribution in [3.8, 4) is 47.4 Å². The van der Waals surface area contributed by atoms with E-state index in [9.17, 15) is 28.8 Å². The first-order valence-corrected chi connectivity index (χ1v) is 47.7. The molecule has 654 valence electrons. The molecule has 123 heavy (non-hydrogen) atoms. The van der Waals surface area contributed by atoms with Gasteiger partial charge in [-0.15, -0.1) is 0 Å². The summed E-state index contributed by atoms with van der Waals surface area (Å²) in [6, 6.07) is 24.6. The normalized spacial score (nSPS) is 31.6. The van der Waals surface area contributed by atoms with E-state index in [0.29, 0.717) is 34.9 Å². The van der Waals surface area contributed by atoms with Crippen LogP contribution in [0.25, 0.3) is 0 Å². The van der Waals surface area contributed by atoms with Crippen LogP contribution in [-0.2, 0) is 86.0 Å². The Kier molecular flexibility index (Phi) is 26.3. The standard InChI is InChI=1S/C28H36N2O2S.C25H31N3O2.2C22H24N2O3.C3H7I.CH5N/c1-18(2)30-25(31)28(29-26(30)33-19(3)4)24-16-21(9-8-20-6-7-20)10-11-22(24)17-27(28)14-12-23(32-5)13-15-27;1-16(2)28-22(29)25(27-23(28)26)21-14-18(7-6-17-4-5-17)8-9-19(21)15-24(25)12-10-20(30-3)11-13-24;2*1-27-17-8-10-21(11-9-17)13-16-7-6-15(5-4-14-2-3-14)12-18(16)22(21)19(25)23-20(26)24-22;1-3(2)4;1-2/h10-11,16,18-20,23H,6-7,12-15,17H2,1-5H3;8-9,14,16-17,20H,4-5,10-13,15H2,1-3H3,(H2,26,27);2*6-7,12,14,17H,2-3,8-11,13H2,1H3,(H2,23,24,25,26);3H,1-2H3;2H2,1H3. The summed E-state index contributed by atoms with van der Waals surface area (Å²) in [5.41, 5.74) is 18.8. The smallest absolute Gasteiger partial charge is 0.322 e. The van der Waals surface area contributed by atoms with Crippen molar-refractivity contribution in [1.82, 2.24) is 31.1 Å². The maximum atomic E-state index is 14.5. The highest BCUT2D eigenvalue weighted by atomic mass is 127. The topological polar surface area (TPSA) is 271 Å². The number of benzene rings is 4. The maximum Gasteiger partial charge on any atom is 0.322 e. The number of urea groups is 2. The van der Waals surface area contributed by atoms with E-state index in [-0.39, 0.29) is 81.8 Å². The monoisotopic (exact) mass is 1800 g/mol. The van der Waals surface area contributed by atoms with E-state index >= 15 is 0 Å². The predicted molar refractivity (Wildman–Crippen MR) is 491 cm³/mol. The van der Waals surface area contributed by atoms with Crippen LogP contribution in [0.5, 0.6) is 0 Å². The Hall–Kier alpha value is -8.04. The lowest BCUT2D eigenvalue weighted by atomic mass is 9.61. The van der Waals surface area contributed by atoms with Crippen LogP contribution >= 0.6 is 34.4 Å². The molecule has 16 aliphatic rings. The number of methoxy groups -OCH3 is 4. The molecule has 12 aliphatic carbocycles. The summed E-state index contributed by atoms with van der Waals surface area (Å²) >= 11 is 4.06. The highest BCUT2D eigenvalue weighted by Gasteiger charge is 2.71. The summed E-state index contributed by atoms with van der Waals surface area (Å²) in [6.45, 7) is 16.9. The quantitative estimate of drug-likeness (QED) is 0.0435. The molecular formula is C101H127IN10O10S. The Labute approximate surface area is 747 Å². The zero-order valence-corrected chi connectivity index (χ0v) is 77.4. The fourth-order valence-corrected chi connectivity index (χ4v) is 23.5. The number of aliphatic imine (C=N–C) groups is 2. The zero-order valence-electron chi connectivity index (χ0n) is 74.5. The largest absolute Gasteiger partial charge is 0.381 e. The number of nitrogens with two attached hydrogens (primary N) is 2. The number of nitrogens with zero attached hydrogens (tertiary/aromatic N) is 4. The van der Waals surface area contributed by atoms with E-state index in [1.807, 2.05) is 38.0 Å². The van der Waals surface area contributed by atoms with Gasteiger partial charge in [0.2, 0.25) is 0 Å². The molecule has 8 spiro atoms. The highest BCUT2D eigenvalue weighted by Crippen LogP contribution is 2.66. The number of nitrogens with one attached hydrogen (secondary N) is 4. The molecule has 10 fully saturated rings. The summed E-state index contributed by atoms with van der Waals surface area (Å²) in [5.74, 6) is 28.9. The lowest BCUT2D eigenvalue weighted by molar-refractivity contribution is -0.140. The third kappa shape index (κ3) is 16.8. The van der Waals surface area contributed by atoms with Crippen LogP contribution in [0, 0.1) is 92.7 Å². The first-order chi connectivity index (χ1) is 59.0. The fourth-order valence-electron chi connectivity index (χ4n) is 22.5. The lowest BCUT2D eigenvalue weighted by Gasteiger charge is -2.46. The summed E-state index contributed by atoms with van der Waals surface area (Å²) < 4.78 is 23.2. The molecule has 8 amide bonds. The number of imide groups is 2. The zero-order chi connectivity index (χ0) is 87.3. The third-order valence-corrected chi connectivity index (χ3v) is 30.3. The number of thioether (sulfide) groups is 1. The molecule has 4 heterocycles. The van der Waals surface area contributed by atoms with Crippen LogP contribution in [-0.4, -0.2) is 138 Å². The van der Waals surface area contributed by atoms with Crippen LogP contribution in [0.1, 0.15) is 276 Å². The van der Waals surface area contributed by atoms with Gasteiger partial charge in [-0.2, -0.15) is 0 Å². The molecule has 4 aromatic carbocycles. The van der Waals surface area contributed by atoms with Crippen molar-refractivity contribution in [3.63, 3.8) is 0 Å². The van der Waals surface area contributed by atoms with Gasteiger partial charge in [0, 0.05) is 117 Å². The summed E-state index contributed by atoms with van der Waals surface area (Å²) in [4.78, 5) is 93.2. The summed E-state index contributed by atoms with van der Waals surface area (Å²) in [6.07, 6.45) is 28.7. The number of amidine groups is 1. The van der Waals surface area contributed by atoms with Gasteiger partial charge in [0.15, 0.2) is 33.3 Å². The number of ether oxygens (including phenoxy) is 4. The van der Waals surface area contributed by atoms with Crippen molar-refractivity contribution < 1.29 is 47.7 Å². The van der Waals surface area contributed by atoms with E-state index in [0.717, 1.165) is 193 Å². The average molecular weight is 1800 g/mol. The number of amides is 8. The van der Waals surface area contributed by atoms with Crippen molar-refractivity contribution in [2.24, 2.45) is 66.8 Å². The van der Waals surface area contributed by atoms with E-state index in [2.05, 4.69) is 199 Å². The molecule has 4 unspecified atom stereocenters. The molecule has 4 aromatic rings. The van der Waals surface area contributed by atoms with Crippen molar-refractivity contribution >= 4 is 81.2 Å². The molecule has 4 aliphatic heterocycles. The number of hydrogen-bond acceptors (Lipinski definition) is 15. The molecule has 2 saturated heterocycles. The van der Waals surface area contributed by atoms with E-state index in [1.54, 1.807) is 38.0 Å². The van der Waals surface area contributed by atoms with Gasteiger partial charge in [-0.25, -0.2) is 19.6 Å². The molecule has 22 heteroatoms. The Morgan fingerprint density at radius 1 is 0.415 bits per heavy atom. The molecular weight excluding hydrogens is 1670 g/mol. The molecule has 0 bridgehead atoms. The van der Waals surface area contributed by atoms with E-state index < -0.39 is 34.2 Å². The van der Waals surface area contributed by atoms with Crippen molar-refractivity contribution in [1.29, 1.82) is 0 Å². The second-order valence-electron chi connectivity index (χ2n) is 38.6. The first-order valence-electron chi connectivity index (χ1n) is 45.5. The number of fused-ring (bicyclic) bond motifs is 12. The maximum absolute atomic E-state index is 14.5. The van der Waals surface area contributed by atoms with Crippen LogP contribution in [0.4, 0.5) is 9.59 Å². The van der Waals surface area contributed by atoms with Gasteiger partial charge < -0.3 is 41.0 Å². The van der Waals surface area contributed by atoms with E-state index in [1.165, 1.54) is 69.5 Å². The number of hydrogen-bond donors (Lipinski definition) is 6. The minimum Gasteiger partial charge on any atom is -0.381 e. The van der Waals surface area contributed by atoms with Gasteiger partial charge in [0.1, 0.15) is 0 Å². The Bertz CT molecular complexity index is 4950. The first kappa shape index (κ1) is 89.8. The molecule has 20 nitrogen and oxygen atoms in total. The van der Waals surface area contributed by atoms with Crippen LogP contribution < -0.4 is 32.7 Å². The number of rotatable bonds is 7. The highest BCUT2D eigenvalue weighted by molar-refractivity contribution is 14.1. The van der Waals surface area contributed by atoms with E-state index in [4.69, 9.17) is 34.7 Å². The molecule has 4 atom stereocenters. The Morgan fingerprint density at radius 2 is 0.691 bits per heavy atom. The molecule has 8 saturated carbocycles. The minimum absolute atomic E-state index is 0.0186. The number of carbonyl (C=O) groups excluding carboxylic acids is 6. The van der Waals surface area contributed by atoms with Gasteiger partial charge in [-0.05, 0) is 308 Å². The van der Waals surface area contributed by atoms with Gasteiger partial charge in [0.05, 0.1) is 24.4 Å². The van der Waals surface area contributed by atoms with Crippen molar-refractivity contribution in [3.05, 3.63) is 140 Å². The van der Waals surface area contributed by atoms with Crippen LogP contribution in [0.3, 0.4) is 0 Å². The lowest BCUT2D eigenvalue weighted by Crippen LogP contribution is -2.56. The number of halogens is 1. The average Bonchev–Trinajstić information content (AvgIpc) is 1.54. The van der Waals surface area contributed by atoms with Gasteiger partial charge in [-0.1, -0.05) is 134 Å². The van der Waals surface area contributed by atoms with Crippen molar-refractivity contribution in [2.75, 3.05) is 35.5 Å². The van der Waals surface area contributed by atoms with Gasteiger partial charge >= 0.3 is 12.1 Å². The summed E-state index contributed by atoms with van der Waals surface area (Å²) in [7, 11) is 8.58. The van der Waals surface area contributed by atoms with Gasteiger partial charge in [-0.3, -0.25) is 39.6 Å². The predicted octanol–water partition coefficient (Wildman–Crippen LogP) is 15.5. The third-order valence-electron chi connectivity index (χ3n) is 29.3. The van der Waals surface area contributed by atoms with Crippen LogP contribution in [0.15, 0.2) is 82.8 Å². The summed E-state index contributed by atoms with van der Waals surface area (Å²) in [5, 5.41) is 12.4. The fraction of sp³-hybridized carbons (Fsp3) is 0.604. The second kappa shape index (κ2) is 36.0. The second-order valence-corrected chi connectivity index (χ2v) is 42.6. The van der Waals surface area contributed by atoms with Crippen molar-refractivity contribution in [2.45, 2.75) is 303 Å². The van der Waals surface area contributed by atoms with Gasteiger partial charge in [0.25, 0.3) is 23.6 Å². The molecule has 20 rings (SSSR count). The number of guanidine groups is 1. The Morgan fingerprint density at radius 3 is 0.959 bits per heavy atom. The Balaban J connectivity index is 0.000000125. The SMILES string of the molecule is CC(C)I.CN.COC1CCC2(CC1)Cc1ccc(C#CC3CC3)cc1C21N=C(N)N(C(C)C)C1=O.COC1CCC2(CC1)Cc1ccc(C#CC3CC3)cc1C21N=C(SC(C)C)N(C(C)C)C1=O.COC1CCC2(CC1)Cc1ccc(C#CC3CC3)cc1C21NC(=O)NC1=O.COC1CCC2(CC1)Cc1ccc(C#CC3CC3)cc1C21NC(=O)NC1=O. The van der Waals surface area contributed by atoms with Crippen LogP contribution in [0.2, 0.25) is 0 Å². The number of carbonyl (C=O) groups is 6.